The first-order valence-corrected chi connectivity index (χ1v) is 10.2. The van der Waals surface area contributed by atoms with Gasteiger partial charge in [0.25, 0.3) is 0 Å². The molecule has 2 aromatic carbocycles. The summed E-state index contributed by atoms with van der Waals surface area (Å²) in [6, 6.07) is 7.42. The van der Waals surface area contributed by atoms with Crippen molar-refractivity contribution in [3.8, 4) is 11.5 Å². The van der Waals surface area contributed by atoms with Gasteiger partial charge in [0.1, 0.15) is 23.0 Å². The molecule has 3 rings (SSSR count). The zero-order chi connectivity index (χ0) is 27.6. The van der Waals surface area contributed by atoms with Crippen LogP contribution in [0.4, 0.5) is 43.9 Å². The minimum Gasteiger partial charge on any atom is -0.457 e. The van der Waals surface area contributed by atoms with Gasteiger partial charge in [0, 0.05) is 30.8 Å². The lowest BCUT2D eigenvalue weighted by molar-refractivity contribution is -0.273. The molecule has 0 radical (unpaired) electrons. The van der Waals surface area contributed by atoms with Gasteiger partial charge in [-0.15, -0.1) is 0 Å². The lowest BCUT2D eigenvalue weighted by Crippen LogP contribution is -2.58. The van der Waals surface area contributed by atoms with E-state index in [0.29, 0.717) is 24.3 Å². The van der Waals surface area contributed by atoms with E-state index in [9.17, 15) is 49.0 Å². The lowest BCUT2D eigenvalue weighted by Gasteiger charge is -2.32. The van der Waals surface area contributed by atoms with Gasteiger partial charge >= 0.3 is 18.5 Å². The van der Waals surface area contributed by atoms with Crippen LogP contribution >= 0.6 is 0 Å². The van der Waals surface area contributed by atoms with Gasteiger partial charge in [-0.25, -0.2) is 4.39 Å². The highest BCUT2D eigenvalue weighted by atomic mass is 19.4. The van der Waals surface area contributed by atoms with Crippen LogP contribution in [0.3, 0.4) is 0 Å². The molecule has 0 amide bonds. The number of benzene rings is 2. The summed E-state index contributed by atoms with van der Waals surface area (Å²) >= 11 is 0. The fraction of sp³-hybridized carbons (Fsp3) is 0.261. The molecule has 4 nitrogen and oxygen atoms in total. The van der Waals surface area contributed by atoms with Crippen LogP contribution in [0.25, 0.3) is 0 Å². The van der Waals surface area contributed by atoms with Gasteiger partial charge in [-0.1, -0.05) is 12.1 Å². The zero-order valence-electron chi connectivity index (χ0n) is 18.3. The molecule has 200 valence electrons. The van der Waals surface area contributed by atoms with Crippen molar-refractivity contribution in [1.82, 2.24) is 10.3 Å². The molecule has 3 aromatic rings. The van der Waals surface area contributed by atoms with Crippen LogP contribution in [0.5, 0.6) is 11.5 Å². The topological polar surface area (TPSA) is 54.4 Å². The molecule has 0 bridgehead atoms. The van der Waals surface area contributed by atoms with Gasteiger partial charge < -0.3 is 9.84 Å². The second kappa shape index (κ2) is 10.2. The SMILES string of the molecule is OC(Cc1cccc(Oc2ccnc(C(F)(F)F)c2)c1)(NCc1cc(C(F)(F)F)ccc1F)C(F)(F)F. The predicted molar refractivity (Wildman–Crippen MR) is 109 cm³/mol. The van der Waals surface area contributed by atoms with Crippen LogP contribution in [0, 0.1) is 5.82 Å². The third-order valence-electron chi connectivity index (χ3n) is 5.03. The van der Waals surface area contributed by atoms with E-state index in [1.165, 1.54) is 12.1 Å². The third kappa shape index (κ3) is 7.10. The lowest BCUT2D eigenvalue weighted by atomic mass is 10.0. The Labute approximate surface area is 202 Å². The van der Waals surface area contributed by atoms with Crippen LogP contribution in [0.2, 0.25) is 0 Å². The van der Waals surface area contributed by atoms with Gasteiger partial charge in [0.15, 0.2) is 0 Å². The number of nitrogens with zero attached hydrogens (tertiary/aromatic N) is 1. The molecule has 2 N–H and O–H groups in total. The van der Waals surface area contributed by atoms with Gasteiger partial charge in [0.2, 0.25) is 5.72 Å². The Morgan fingerprint density at radius 3 is 2.11 bits per heavy atom. The Morgan fingerprint density at radius 2 is 1.49 bits per heavy atom. The number of pyridine rings is 1. The van der Waals surface area contributed by atoms with E-state index in [-0.39, 0.29) is 17.1 Å². The van der Waals surface area contributed by atoms with Crippen molar-refractivity contribution in [3.63, 3.8) is 0 Å². The smallest absolute Gasteiger partial charge is 0.433 e. The number of hydrogen-bond donors (Lipinski definition) is 2. The van der Waals surface area contributed by atoms with Gasteiger partial charge in [-0.2, -0.15) is 39.5 Å². The van der Waals surface area contributed by atoms with Gasteiger partial charge in [-0.3, -0.25) is 10.3 Å². The highest BCUT2D eigenvalue weighted by Gasteiger charge is 2.53. The van der Waals surface area contributed by atoms with Crippen LogP contribution in [0.15, 0.2) is 60.8 Å². The number of aromatic nitrogens is 1. The molecule has 37 heavy (non-hydrogen) atoms. The monoisotopic (exact) mass is 542 g/mol. The summed E-state index contributed by atoms with van der Waals surface area (Å²) < 4.78 is 138. The Kier molecular flexibility index (Phi) is 7.75. The second-order valence-corrected chi connectivity index (χ2v) is 7.82. The van der Waals surface area contributed by atoms with Crippen molar-refractivity contribution < 1.29 is 53.7 Å². The number of nitrogens with one attached hydrogen (secondary N) is 1. The molecule has 1 atom stereocenters. The molecular weight excluding hydrogens is 526 g/mol. The third-order valence-corrected chi connectivity index (χ3v) is 5.03. The van der Waals surface area contributed by atoms with Crippen molar-refractivity contribution >= 4 is 0 Å². The molecule has 1 heterocycles. The fourth-order valence-corrected chi connectivity index (χ4v) is 3.17. The van der Waals surface area contributed by atoms with Crippen LogP contribution in [-0.2, 0) is 25.3 Å². The van der Waals surface area contributed by atoms with E-state index in [4.69, 9.17) is 4.74 Å². The first-order valence-electron chi connectivity index (χ1n) is 10.2. The second-order valence-electron chi connectivity index (χ2n) is 7.82. The fourth-order valence-electron chi connectivity index (χ4n) is 3.17. The highest BCUT2D eigenvalue weighted by molar-refractivity contribution is 5.35. The first kappa shape index (κ1) is 28.2. The van der Waals surface area contributed by atoms with E-state index < -0.39 is 59.9 Å². The van der Waals surface area contributed by atoms with Crippen molar-refractivity contribution in [2.24, 2.45) is 0 Å². The Balaban J connectivity index is 1.82. The molecule has 0 saturated heterocycles. The summed E-state index contributed by atoms with van der Waals surface area (Å²) in [5.41, 5.74) is -7.26. The Morgan fingerprint density at radius 1 is 0.811 bits per heavy atom. The Hall–Kier alpha value is -3.39. The van der Waals surface area contributed by atoms with Crippen molar-refractivity contribution in [2.45, 2.75) is 37.2 Å². The minimum absolute atomic E-state index is 0.176. The van der Waals surface area contributed by atoms with E-state index in [1.807, 2.05) is 0 Å². The summed E-state index contributed by atoms with van der Waals surface area (Å²) in [4.78, 5) is 3.16. The Bertz CT molecular complexity index is 1240. The number of ether oxygens (including phenoxy) is 1. The number of hydrogen-bond acceptors (Lipinski definition) is 4. The summed E-state index contributed by atoms with van der Waals surface area (Å²) in [7, 11) is 0. The summed E-state index contributed by atoms with van der Waals surface area (Å²) in [5.74, 6) is -1.72. The summed E-state index contributed by atoms with van der Waals surface area (Å²) in [6.45, 7) is -1.11. The van der Waals surface area contributed by atoms with Crippen molar-refractivity contribution in [1.29, 1.82) is 0 Å². The minimum atomic E-state index is -5.37. The average Bonchev–Trinajstić information content (AvgIpc) is 2.77. The molecule has 0 aliphatic rings. The average molecular weight is 542 g/mol. The molecule has 0 spiro atoms. The summed E-state index contributed by atoms with van der Waals surface area (Å²) in [5, 5.41) is 12.0. The van der Waals surface area contributed by atoms with Crippen LogP contribution in [0.1, 0.15) is 22.4 Å². The zero-order valence-corrected chi connectivity index (χ0v) is 18.3. The maximum Gasteiger partial charge on any atom is 0.433 e. The first-order chi connectivity index (χ1) is 17.0. The van der Waals surface area contributed by atoms with Crippen LogP contribution in [-0.4, -0.2) is 22.0 Å². The quantitative estimate of drug-likeness (QED) is 0.260. The molecule has 0 aliphatic heterocycles. The molecule has 14 heteroatoms. The highest BCUT2D eigenvalue weighted by Crippen LogP contribution is 2.35. The normalized spacial score (nSPS) is 14.4. The largest absolute Gasteiger partial charge is 0.457 e. The number of aliphatic hydroxyl groups is 1. The number of halogens is 10. The molecule has 0 fully saturated rings. The molecular formula is C23H16F10N2O2. The van der Waals surface area contributed by atoms with E-state index in [2.05, 4.69) is 4.98 Å². The predicted octanol–water partition coefficient (Wildman–Crippen LogP) is 6.63. The summed E-state index contributed by atoms with van der Waals surface area (Å²) in [6.07, 6.45) is -15.4. The maximum atomic E-state index is 14.0. The molecule has 0 saturated carbocycles. The molecule has 0 aliphatic carbocycles. The molecule has 1 unspecified atom stereocenters. The van der Waals surface area contributed by atoms with Crippen molar-refractivity contribution in [3.05, 3.63) is 89.0 Å². The standard InChI is InChI=1S/C23H16F10N2O2/c24-18-5-4-15(21(25,26)27)9-14(18)12-35-20(36,23(31,32)33)11-13-2-1-3-16(8-13)37-17-6-7-34-19(10-17)22(28,29)30/h1-10,35-36H,11-12H2. The number of alkyl halides is 9. The van der Waals surface area contributed by atoms with Gasteiger partial charge in [0.05, 0.1) is 5.56 Å². The van der Waals surface area contributed by atoms with E-state index in [0.717, 1.165) is 24.4 Å². The van der Waals surface area contributed by atoms with Crippen LogP contribution < -0.4 is 10.1 Å². The van der Waals surface area contributed by atoms with Gasteiger partial charge in [-0.05, 0) is 42.0 Å². The molecule has 1 aromatic heterocycles. The van der Waals surface area contributed by atoms with Crippen molar-refractivity contribution in [2.75, 3.05) is 0 Å². The van der Waals surface area contributed by atoms with E-state index in [1.54, 1.807) is 5.32 Å². The number of rotatable bonds is 7. The van der Waals surface area contributed by atoms with E-state index >= 15 is 0 Å². The maximum absolute atomic E-state index is 14.0.